The fraction of sp³-hybridized carbons (Fsp3) is 0.160. The number of rotatable bonds is 8. The number of alkyl halides is 3. The van der Waals surface area contributed by atoms with E-state index in [0.717, 1.165) is 23.4 Å². The highest BCUT2D eigenvalue weighted by Crippen LogP contribution is 2.30. The number of allylic oxidation sites excluding steroid dienone is 1. The predicted octanol–water partition coefficient (Wildman–Crippen LogP) is 6.13. The Morgan fingerprint density at radius 2 is 1.72 bits per heavy atom. The van der Waals surface area contributed by atoms with E-state index in [4.69, 9.17) is 0 Å². The van der Waals surface area contributed by atoms with Crippen molar-refractivity contribution in [3.8, 4) is 0 Å². The maximum atomic E-state index is 13.1. The average Bonchev–Trinajstić information content (AvgIpc) is 3.30. The molecule has 0 aliphatic rings. The number of nitrogens with zero attached hydrogens (tertiary/aromatic N) is 5. The smallest absolute Gasteiger partial charge is 0.348 e. The molecule has 1 unspecified atom stereocenters. The molecule has 36 heavy (non-hydrogen) atoms. The van der Waals surface area contributed by atoms with Crippen LogP contribution in [-0.4, -0.2) is 30.1 Å². The van der Waals surface area contributed by atoms with Crippen LogP contribution >= 0.6 is 0 Å². The Morgan fingerprint density at radius 1 is 0.944 bits per heavy atom. The third kappa shape index (κ3) is 6.53. The molecule has 11 heteroatoms. The van der Waals surface area contributed by atoms with Gasteiger partial charge in [-0.25, -0.2) is 0 Å². The Bertz CT molecular complexity index is 1360. The van der Waals surface area contributed by atoms with Crippen LogP contribution in [-0.2, 0) is 6.18 Å². The number of nitrogens with one attached hydrogen (secondary N) is 3. The van der Waals surface area contributed by atoms with Gasteiger partial charge in [-0.1, -0.05) is 24.3 Å². The number of aromatic nitrogens is 6. The van der Waals surface area contributed by atoms with Gasteiger partial charge in [-0.3, -0.25) is 10.1 Å². The van der Waals surface area contributed by atoms with Crippen molar-refractivity contribution >= 4 is 35.9 Å². The van der Waals surface area contributed by atoms with Crippen molar-refractivity contribution in [3.05, 3.63) is 89.1 Å². The zero-order valence-electron chi connectivity index (χ0n) is 19.5. The van der Waals surface area contributed by atoms with Gasteiger partial charge in [-0.2, -0.15) is 33.2 Å². The fourth-order valence-electron chi connectivity index (χ4n) is 3.29. The van der Waals surface area contributed by atoms with Crippen LogP contribution in [0.25, 0.3) is 18.2 Å². The number of H-pyrrole nitrogens is 1. The summed E-state index contributed by atoms with van der Waals surface area (Å²) in [5.41, 5.74) is 1.40. The molecule has 0 amide bonds. The summed E-state index contributed by atoms with van der Waals surface area (Å²) < 4.78 is 39.2. The summed E-state index contributed by atoms with van der Waals surface area (Å²) >= 11 is 0. The minimum atomic E-state index is -4.43. The van der Waals surface area contributed by atoms with Crippen molar-refractivity contribution in [1.82, 2.24) is 30.1 Å². The van der Waals surface area contributed by atoms with E-state index in [-0.39, 0.29) is 23.8 Å². The van der Waals surface area contributed by atoms with Crippen LogP contribution in [0.5, 0.6) is 0 Å². The Kier molecular flexibility index (Phi) is 7.38. The molecule has 0 aliphatic carbocycles. The molecule has 0 saturated heterocycles. The van der Waals surface area contributed by atoms with Gasteiger partial charge in [0.25, 0.3) is 0 Å². The van der Waals surface area contributed by atoms with Gasteiger partial charge in [0.05, 0.1) is 17.3 Å². The standard InChI is InChI=1S/C25H23F3N8/c1-3-5-20-15-22(36-35-20)33-24-32-21(9-8-17-6-4-7-19(14-17)25(26,27)28)31-23(34-24)30-16(2)18-10-12-29-13-11-18/h3-16H,1-2H3,(H3,30,31,32,33,34,35,36)/b5-3+,9-8+. The summed E-state index contributed by atoms with van der Waals surface area (Å²) in [6.07, 6.45) is 5.74. The van der Waals surface area contributed by atoms with Gasteiger partial charge in [0.1, 0.15) is 0 Å². The normalized spacial score (nSPS) is 12.8. The van der Waals surface area contributed by atoms with E-state index < -0.39 is 11.7 Å². The molecular weight excluding hydrogens is 469 g/mol. The van der Waals surface area contributed by atoms with Gasteiger partial charge >= 0.3 is 6.18 Å². The monoisotopic (exact) mass is 492 g/mol. The Hall–Kier alpha value is -4.54. The molecule has 1 atom stereocenters. The lowest BCUT2D eigenvalue weighted by Crippen LogP contribution is -2.12. The summed E-state index contributed by atoms with van der Waals surface area (Å²) in [6.45, 7) is 3.84. The summed E-state index contributed by atoms with van der Waals surface area (Å²) in [4.78, 5) is 17.3. The van der Waals surface area contributed by atoms with Crippen LogP contribution in [0.2, 0.25) is 0 Å². The first-order valence-electron chi connectivity index (χ1n) is 11.0. The van der Waals surface area contributed by atoms with E-state index in [1.165, 1.54) is 18.2 Å². The van der Waals surface area contributed by atoms with Gasteiger partial charge < -0.3 is 10.6 Å². The van der Waals surface area contributed by atoms with Crippen molar-refractivity contribution in [2.45, 2.75) is 26.1 Å². The molecule has 0 bridgehead atoms. The van der Waals surface area contributed by atoms with Crippen molar-refractivity contribution < 1.29 is 13.2 Å². The Labute approximate surface area is 205 Å². The second-order valence-corrected chi connectivity index (χ2v) is 7.78. The maximum absolute atomic E-state index is 13.1. The third-order valence-electron chi connectivity index (χ3n) is 5.03. The maximum Gasteiger partial charge on any atom is 0.416 e. The first-order valence-corrected chi connectivity index (χ1v) is 11.0. The highest BCUT2D eigenvalue weighted by atomic mass is 19.4. The molecule has 0 spiro atoms. The highest BCUT2D eigenvalue weighted by molar-refractivity contribution is 5.68. The lowest BCUT2D eigenvalue weighted by Gasteiger charge is -2.14. The van der Waals surface area contributed by atoms with Crippen LogP contribution in [0.4, 0.5) is 30.9 Å². The average molecular weight is 493 g/mol. The molecule has 0 saturated carbocycles. The summed E-state index contributed by atoms with van der Waals surface area (Å²) in [5.74, 6) is 1.25. The number of benzene rings is 1. The number of halogens is 3. The van der Waals surface area contributed by atoms with E-state index in [1.54, 1.807) is 24.5 Å². The highest BCUT2D eigenvalue weighted by Gasteiger charge is 2.30. The van der Waals surface area contributed by atoms with E-state index in [2.05, 4.69) is 40.8 Å². The quantitative estimate of drug-likeness (QED) is 0.272. The van der Waals surface area contributed by atoms with E-state index in [0.29, 0.717) is 11.4 Å². The number of hydrogen-bond donors (Lipinski definition) is 3. The SMILES string of the molecule is C/C=C/c1cc(Nc2nc(/C=C/c3cccc(C(F)(F)F)c3)nc(NC(C)c3ccncc3)n2)n[nH]1. The fourth-order valence-corrected chi connectivity index (χ4v) is 3.29. The van der Waals surface area contributed by atoms with Crippen molar-refractivity contribution in [2.75, 3.05) is 10.6 Å². The molecule has 0 radical (unpaired) electrons. The van der Waals surface area contributed by atoms with Crippen LogP contribution in [0, 0.1) is 0 Å². The number of aromatic amines is 1. The van der Waals surface area contributed by atoms with E-state index in [9.17, 15) is 13.2 Å². The van der Waals surface area contributed by atoms with Crippen LogP contribution < -0.4 is 10.6 Å². The minimum Gasteiger partial charge on any atom is -0.348 e. The molecule has 1 aromatic carbocycles. The van der Waals surface area contributed by atoms with Crippen LogP contribution in [0.15, 0.2) is 60.9 Å². The van der Waals surface area contributed by atoms with E-state index in [1.807, 2.05) is 38.1 Å². The second-order valence-electron chi connectivity index (χ2n) is 7.78. The predicted molar refractivity (Wildman–Crippen MR) is 133 cm³/mol. The molecular formula is C25H23F3N8. The number of pyridine rings is 1. The van der Waals surface area contributed by atoms with Gasteiger partial charge in [0.2, 0.25) is 11.9 Å². The summed E-state index contributed by atoms with van der Waals surface area (Å²) in [5, 5.41) is 13.3. The lowest BCUT2D eigenvalue weighted by molar-refractivity contribution is -0.137. The van der Waals surface area contributed by atoms with Gasteiger partial charge in [0, 0.05) is 18.5 Å². The molecule has 4 rings (SSSR count). The van der Waals surface area contributed by atoms with Gasteiger partial charge in [-0.05, 0) is 61.4 Å². The molecule has 3 N–H and O–H groups in total. The topological polar surface area (TPSA) is 104 Å². The molecule has 184 valence electrons. The molecule has 3 heterocycles. The first-order chi connectivity index (χ1) is 17.3. The van der Waals surface area contributed by atoms with Crippen molar-refractivity contribution in [3.63, 3.8) is 0 Å². The zero-order valence-corrected chi connectivity index (χ0v) is 19.5. The minimum absolute atomic E-state index is 0.143. The number of anilines is 3. The largest absolute Gasteiger partial charge is 0.416 e. The first kappa shape index (κ1) is 24.6. The molecule has 3 aromatic heterocycles. The van der Waals surface area contributed by atoms with Gasteiger partial charge in [-0.15, -0.1) is 0 Å². The Morgan fingerprint density at radius 3 is 2.47 bits per heavy atom. The van der Waals surface area contributed by atoms with Gasteiger partial charge in [0.15, 0.2) is 11.6 Å². The summed E-state index contributed by atoms with van der Waals surface area (Å²) in [7, 11) is 0. The summed E-state index contributed by atoms with van der Waals surface area (Å²) in [6, 6.07) is 10.4. The van der Waals surface area contributed by atoms with Crippen molar-refractivity contribution in [1.29, 1.82) is 0 Å². The zero-order chi connectivity index (χ0) is 25.5. The Balaban J connectivity index is 1.63. The van der Waals surface area contributed by atoms with Crippen LogP contribution in [0.3, 0.4) is 0 Å². The molecule has 0 aliphatic heterocycles. The third-order valence-corrected chi connectivity index (χ3v) is 5.03. The van der Waals surface area contributed by atoms with Crippen LogP contribution in [0.1, 0.15) is 48.1 Å². The van der Waals surface area contributed by atoms with Crippen molar-refractivity contribution in [2.24, 2.45) is 0 Å². The number of hydrogen-bond acceptors (Lipinski definition) is 7. The molecule has 0 fully saturated rings. The second kappa shape index (κ2) is 10.8. The van der Waals surface area contributed by atoms with E-state index >= 15 is 0 Å². The molecule has 4 aromatic rings. The lowest BCUT2D eigenvalue weighted by atomic mass is 10.1. The molecule has 8 nitrogen and oxygen atoms in total.